The van der Waals surface area contributed by atoms with E-state index in [1.54, 1.807) is 47.8 Å². The molecule has 3 aromatic rings. The molecule has 0 aliphatic carbocycles. The molecule has 0 saturated carbocycles. The van der Waals surface area contributed by atoms with Crippen LogP contribution in [0.5, 0.6) is 5.75 Å². The van der Waals surface area contributed by atoms with Crippen LogP contribution in [0, 0.1) is 5.92 Å². The Kier molecular flexibility index (Phi) is 4.34. The molecule has 2 saturated heterocycles. The van der Waals surface area contributed by atoms with Crippen molar-refractivity contribution in [2.75, 3.05) is 17.1 Å². The maximum absolute atomic E-state index is 13.4. The Labute approximate surface area is 171 Å². The lowest BCUT2D eigenvalue weighted by Crippen LogP contribution is -2.37. The molecule has 0 spiro atoms. The van der Waals surface area contributed by atoms with Crippen LogP contribution in [0.25, 0.3) is 0 Å². The highest BCUT2D eigenvalue weighted by atomic mass is 32.1. The number of anilines is 2. The van der Waals surface area contributed by atoms with Gasteiger partial charge in [0.05, 0.1) is 18.5 Å². The molecule has 2 amide bonds. The first kappa shape index (κ1) is 17.9. The number of benzene rings is 2. The number of hydrogen-bond acceptors (Lipinski definition) is 6. The maximum atomic E-state index is 13.4. The van der Waals surface area contributed by atoms with Crippen molar-refractivity contribution in [3.63, 3.8) is 0 Å². The Morgan fingerprint density at radius 2 is 1.72 bits per heavy atom. The average molecular weight is 406 g/mol. The zero-order valence-corrected chi connectivity index (χ0v) is 16.4. The molecule has 0 N–H and O–H groups in total. The van der Waals surface area contributed by atoms with Gasteiger partial charge in [0.25, 0.3) is 5.91 Å². The highest BCUT2D eigenvalue weighted by Crippen LogP contribution is 2.48. The molecule has 6 nitrogen and oxygen atoms in total. The largest absolute Gasteiger partial charge is 0.497 e. The van der Waals surface area contributed by atoms with Crippen LogP contribution in [0.3, 0.4) is 0 Å². The third-order valence-electron chi connectivity index (χ3n) is 5.27. The molecule has 7 heteroatoms. The number of carbonyl (C=O) groups is 2. The van der Waals surface area contributed by atoms with Gasteiger partial charge in [0, 0.05) is 10.9 Å². The number of fused-ring (bicyclic) bond motifs is 1. The van der Waals surface area contributed by atoms with Crippen LogP contribution in [0.15, 0.2) is 72.1 Å². The number of nitrogens with zero attached hydrogens (tertiary/aromatic N) is 2. The number of imide groups is 1. The van der Waals surface area contributed by atoms with E-state index in [1.165, 1.54) is 4.90 Å². The predicted molar refractivity (Wildman–Crippen MR) is 110 cm³/mol. The van der Waals surface area contributed by atoms with Gasteiger partial charge in [-0.05, 0) is 35.7 Å². The van der Waals surface area contributed by atoms with E-state index < -0.39 is 12.0 Å². The monoisotopic (exact) mass is 406 g/mol. The van der Waals surface area contributed by atoms with E-state index in [0.29, 0.717) is 11.4 Å². The minimum Gasteiger partial charge on any atom is -0.497 e. The second kappa shape index (κ2) is 7.02. The van der Waals surface area contributed by atoms with Crippen molar-refractivity contribution in [2.45, 2.75) is 12.1 Å². The molecule has 29 heavy (non-hydrogen) atoms. The summed E-state index contributed by atoms with van der Waals surface area (Å²) in [6, 6.07) is 20.1. The Bertz CT molecular complexity index is 1050. The number of hydrogen-bond donors (Lipinski definition) is 0. The van der Waals surface area contributed by atoms with Crippen LogP contribution >= 0.6 is 11.3 Å². The van der Waals surface area contributed by atoms with E-state index in [4.69, 9.17) is 9.57 Å². The van der Waals surface area contributed by atoms with Crippen LogP contribution in [0.4, 0.5) is 11.4 Å². The van der Waals surface area contributed by atoms with Gasteiger partial charge >= 0.3 is 0 Å². The Hall–Kier alpha value is -3.16. The quantitative estimate of drug-likeness (QED) is 0.617. The van der Waals surface area contributed by atoms with Gasteiger partial charge in [0.2, 0.25) is 5.91 Å². The molecule has 2 aliphatic heterocycles. The minimum absolute atomic E-state index is 0.259. The third-order valence-corrected chi connectivity index (χ3v) is 6.22. The molecule has 146 valence electrons. The second-order valence-electron chi connectivity index (χ2n) is 6.89. The van der Waals surface area contributed by atoms with Gasteiger partial charge in [-0.25, -0.2) is 9.96 Å². The van der Waals surface area contributed by atoms with Crippen molar-refractivity contribution in [2.24, 2.45) is 5.92 Å². The smallest absolute Gasteiger partial charge is 0.266 e. The topological polar surface area (TPSA) is 59.1 Å². The zero-order chi connectivity index (χ0) is 20.0. The Morgan fingerprint density at radius 3 is 2.45 bits per heavy atom. The molecule has 0 unspecified atom stereocenters. The lowest BCUT2D eigenvalue weighted by atomic mass is 9.95. The summed E-state index contributed by atoms with van der Waals surface area (Å²) < 4.78 is 5.25. The van der Waals surface area contributed by atoms with Crippen molar-refractivity contribution >= 4 is 34.5 Å². The minimum atomic E-state index is -0.860. The number of carbonyl (C=O) groups excluding carboxylic acids is 2. The highest BCUT2D eigenvalue weighted by Gasteiger charge is 2.60. The molecule has 1 aromatic heterocycles. The van der Waals surface area contributed by atoms with Crippen LogP contribution in [-0.2, 0) is 14.4 Å². The Balaban J connectivity index is 1.56. The molecule has 0 radical (unpaired) electrons. The predicted octanol–water partition coefficient (Wildman–Crippen LogP) is 3.81. The van der Waals surface area contributed by atoms with Crippen molar-refractivity contribution in [1.29, 1.82) is 0 Å². The van der Waals surface area contributed by atoms with Crippen LogP contribution < -0.4 is 14.7 Å². The van der Waals surface area contributed by atoms with Crippen LogP contribution in [0.1, 0.15) is 10.9 Å². The molecule has 3 heterocycles. The fourth-order valence-corrected chi connectivity index (χ4v) is 4.82. The molecule has 2 aromatic carbocycles. The summed E-state index contributed by atoms with van der Waals surface area (Å²) in [5, 5.41) is 3.67. The number of methoxy groups -OCH3 is 1. The normalized spacial score (nSPS) is 23.6. The maximum Gasteiger partial charge on any atom is 0.266 e. The summed E-state index contributed by atoms with van der Waals surface area (Å²) in [7, 11) is 1.55. The molecule has 2 aliphatic rings. The van der Waals surface area contributed by atoms with Gasteiger partial charge in [-0.2, -0.15) is 0 Å². The molecular formula is C22H18N2O4S. The summed E-state index contributed by atoms with van der Waals surface area (Å²) in [4.78, 5) is 34.9. The molecule has 0 bridgehead atoms. The lowest BCUT2D eigenvalue weighted by molar-refractivity contribution is -0.126. The zero-order valence-electron chi connectivity index (χ0n) is 15.6. The van der Waals surface area contributed by atoms with Gasteiger partial charge < -0.3 is 4.74 Å². The van der Waals surface area contributed by atoms with Gasteiger partial charge in [-0.15, -0.1) is 11.3 Å². The molecule has 3 atom stereocenters. The van der Waals surface area contributed by atoms with Crippen molar-refractivity contribution in [3.8, 4) is 5.75 Å². The van der Waals surface area contributed by atoms with Gasteiger partial charge in [0.1, 0.15) is 17.7 Å². The summed E-state index contributed by atoms with van der Waals surface area (Å²) in [5.74, 6) is -0.646. The molecule has 5 rings (SSSR count). The molecular weight excluding hydrogens is 388 g/mol. The lowest BCUT2D eigenvalue weighted by Gasteiger charge is -2.27. The third kappa shape index (κ3) is 2.82. The number of amides is 2. The van der Waals surface area contributed by atoms with E-state index in [9.17, 15) is 9.59 Å². The average Bonchev–Trinajstić information content (AvgIpc) is 3.46. The van der Waals surface area contributed by atoms with E-state index >= 15 is 0 Å². The van der Waals surface area contributed by atoms with Crippen molar-refractivity contribution in [1.82, 2.24) is 0 Å². The first-order valence-corrected chi connectivity index (χ1v) is 10.1. The number of thiophene rings is 1. The van der Waals surface area contributed by atoms with Crippen molar-refractivity contribution < 1.29 is 19.2 Å². The summed E-state index contributed by atoms with van der Waals surface area (Å²) in [5.41, 5.74) is 1.31. The van der Waals surface area contributed by atoms with Gasteiger partial charge in [0.15, 0.2) is 6.10 Å². The number of hydroxylamine groups is 1. The standard InChI is InChI=1S/C22H18N2O4S/c1-27-16-10-5-9-15(13-16)23-21(25)18-19(17-11-6-12-29-17)24(28-20(18)22(23)26)14-7-3-2-4-8-14/h2-13,18-20H,1H3/t18-,19+,20-/m1/s1. The van der Waals surface area contributed by atoms with E-state index in [1.807, 2.05) is 47.8 Å². The fourth-order valence-electron chi connectivity index (χ4n) is 3.97. The number of para-hydroxylation sites is 1. The Morgan fingerprint density at radius 1 is 0.931 bits per heavy atom. The summed E-state index contributed by atoms with van der Waals surface area (Å²) in [6.07, 6.45) is -0.860. The molecule has 2 fully saturated rings. The van der Waals surface area contributed by atoms with Gasteiger partial charge in [-0.3, -0.25) is 14.4 Å². The van der Waals surface area contributed by atoms with Crippen LogP contribution in [0.2, 0.25) is 0 Å². The first-order chi connectivity index (χ1) is 14.2. The van der Waals surface area contributed by atoms with E-state index in [-0.39, 0.29) is 17.9 Å². The summed E-state index contributed by atoms with van der Waals surface area (Å²) >= 11 is 1.55. The fraction of sp³-hybridized carbons (Fsp3) is 0.182. The number of ether oxygens (including phenoxy) is 1. The van der Waals surface area contributed by atoms with Gasteiger partial charge in [-0.1, -0.05) is 30.3 Å². The summed E-state index contributed by atoms with van der Waals surface area (Å²) in [6.45, 7) is 0. The first-order valence-electron chi connectivity index (χ1n) is 9.25. The van der Waals surface area contributed by atoms with Crippen molar-refractivity contribution in [3.05, 3.63) is 77.0 Å². The van der Waals surface area contributed by atoms with E-state index in [2.05, 4.69) is 0 Å². The van der Waals surface area contributed by atoms with E-state index in [0.717, 1.165) is 10.6 Å². The highest BCUT2D eigenvalue weighted by molar-refractivity contribution is 7.10. The van der Waals surface area contributed by atoms with Crippen LogP contribution in [-0.4, -0.2) is 25.0 Å². The SMILES string of the molecule is COc1cccc(N2C(=O)[C@H]3[C@@H](ON(c4ccccc4)[C@H]3c3cccs3)C2=O)c1. The second-order valence-corrected chi connectivity index (χ2v) is 7.87. The number of rotatable bonds is 4.